The molecular formula is C16H18N2O5. The number of hydrogen-bond acceptors (Lipinski definition) is 5. The first-order chi connectivity index (χ1) is 11.1. The zero-order chi connectivity index (χ0) is 16.0. The van der Waals surface area contributed by atoms with E-state index in [1.165, 1.54) is 4.90 Å². The number of aromatic hydroxyl groups is 1. The maximum Gasteiger partial charge on any atom is 0.327 e. The van der Waals surface area contributed by atoms with E-state index in [2.05, 4.69) is 0 Å². The number of nitrogens with zero attached hydrogens (tertiary/aromatic N) is 2. The standard InChI is InChI=1S/C16H18N2O5/c19-11-3-1-10(2-4-11)5-14-15(20)18(7-13-9-23-13)16(21)17(14)6-12-8-22-12/h1-4,12-14,19H,5-9H2. The van der Waals surface area contributed by atoms with Crippen LogP contribution >= 0.6 is 0 Å². The summed E-state index contributed by atoms with van der Waals surface area (Å²) >= 11 is 0. The fourth-order valence-electron chi connectivity index (χ4n) is 2.89. The molecule has 0 radical (unpaired) electrons. The van der Waals surface area contributed by atoms with Gasteiger partial charge in [-0.1, -0.05) is 12.1 Å². The molecule has 1 aromatic carbocycles. The molecule has 1 N–H and O–H groups in total. The van der Waals surface area contributed by atoms with Gasteiger partial charge in [-0.25, -0.2) is 4.79 Å². The zero-order valence-corrected chi connectivity index (χ0v) is 12.6. The Kier molecular flexibility index (Phi) is 3.46. The summed E-state index contributed by atoms with van der Waals surface area (Å²) < 4.78 is 10.4. The summed E-state index contributed by atoms with van der Waals surface area (Å²) in [5.41, 5.74) is 0.903. The van der Waals surface area contributed by atoms with Crippen molar-refractivity contribution in [3.63, 3.8) is 0 Å². The summed E-state index contributed by atoms with van der Waals surface area (Å²) in [7, 11) is 0. The van der Waals surface area contributed by atoms with Gasteiger partial charge in [0.1, 0.15) is 11.8 Å². The molecule has 3 unspecified atom stereocenters. The summed E-state index contributed by atoms with van der Waals surface area (Å²) in [6.45, 7) is 2.00. The number of amides is 3. The van der Waals surface area contributed by atoms with Gasteiger partial charge in [0.05, 0.1) is 38.5 Å². The van der Waals surface area contributed by atoms with Crippen molar-refractivity contribution in [2.75, 3.05) is 26.3 Å². The third-order valence-corrected chi connectivity index (χ3v) is 4.36. The molecule has 3 amide bonds. The summed E-state index contributed by atoms with van der Waals surface area (Å²) in [6.07, 6.45) is 0.445. The summed E-state index contributed by atoms with van der Waals surface area (Å²) in [6, 6.07) is 5.93. The van der Waals surface area contributed by atoms with Gasteiger partial charge in [0.25, 0.3) is 5.91 Å². The minimum absolute atomic E-state index is 0.0191. The van der Waals surface area contributed by atoms with Crippen molar-refractivity contribution >= 4 is 11.9 Å². The second kappa shape index (κ2) is 5.50. The molecule has 23 heavy (non-hydrogen) atoms. The molecule has 0 spiro atoms. The van der Waals surface area contributed by atoms with Crippen LogP contribution in [0.2, 0.25) is 0 Å². The number of phenolic OH excluding ortho intramolecular Hbond substituents is 1. The Hall–Kier alpha value is -2.12. The molecule has 122 valence electrons. The molecule has 3 saturated heterocycles. The second-order valence-electron chi connectivity index (χ2n) is 6.18. The van der Waals surface area contributed by atoms with E-state index < -0.39 is 6.04 Å². The number of imide groups is 1. The van der Waals surface area contributed by atoms with E-state index in [9.17, 15) is 14.7 Å². The number of rotatable bonds is 6. The first-order valence-corrected chi connectivity index (χ1v) is 7.75. The highest BCUT2D eigenvalue weighted by atomic mass is 16.6. The molecule has 3 atom stereocenters. The SMILES string of the molecule is O=C1C(Cc2ccc(O)cc2)N(CC2CO2)C(=O)N1CC1CO1. The van der Waals surface area contributed by atoms with Crippen LogP contribution in [0.5, 0.6) is 5.75 Å². The highest BCUT2D eigenvalue weighted by molar-refractivity contribution is 6.04. The van der Waals surface area contributed by atoms with Crippen molar-refractivity contribution in [2.45, 2.75) is 24.7 Å². The Labute approximate surface area is 133 Å². The topological polar surface area (TPSA) is 85.9 Å². The molecule has 4 rings (SSSR count). The van der Waals surface area contributed by atoms with Crippen LogP contribution in [0.4, 0.5) is 4.79 Å². The van der Waals surface area contributed by atoms with Gasteiger partial charge in [-0.3, -0.25) is 9.69 Å². The van der Waals surface area contributed by atoms with Gasteiger partial charge >= 0.3 is 6.03 Å². The second-order valence-corrected chi connectivity index (χ2v) is 6.18. The van der Waals surface area contributed by atoms with Crippen molar-refractivity contribution in [2.24, 2.45) is 0 Å². The Morgan fingerprint density at radius 3 is 2.26 bits per heavy atom. The van der Waals surface area contributed by atoms with Crippen molar-refractivity contribution in [3.8, 4) is 5.75 Å². The third kappa shape index (κ3) is 3.02. The van der Waals surface area contributed by atoms with Gasteiger partial charge in [-0.15, -0.1) is 0 Å². The molecule has 3 heterocycles. The van der Waals surface area contributed by atoms with Crippen LogP contribution in [-0.4, -0.2) is 71.4 Å². The smallest absolute Gasteiger partial charge is 0.327 e. The molecule has 3 fully saturated rings. The van der Waals surface area contributed by atoms with Crippen LogP contribution in [0.25, 0.3) is 0 Å². The fraction of sp³-hybridized carbons (Fsp3) is 0.500. The van der Waals surface area contributed by atoms with E-state index in [1.807, 2.05) is 0 Å². The minimum Gasteiger partial charge on any atom is -0.508 e. The Morgan fingerprint density at radius 2 is 1.65 bits per heavy atom. The molecule has 7 heteroatoms. The molecule has 0 aromatic heterocycles. The number of phenols is 1. The molecule has 0 saturated carbocycles. The van der Waals surface area contributed by atoms with Crippen molar-refractivity contribution in [1.29, 1.82) is 0 Å². The molecule has 0 bridgehead atoms. The predicted octanol–water partition coefficient (Wildman–Crippen LogP) is 0.365. The summed E-state index contributed by atoms with van der Waals surface area (Å²) in [5.74, 6) is -0.00227. The highest BCUT2D eigenvalue weighted by Gasteiger charge is 2.48. The number of urea groups is 1. The monoisotopic (exact) mass is 318 g/mol. The first-order valence-electron chi connectivity index (χ1n) is 7.75. The lowest BCUT2D eigenvalue weighted by atomic mass is 10.0. The van der Waals surface area contributed by atoms with Gasteiger partial charge < -0.3 is 19.5 Å². The van der Waals surface area contributed by atoms with Crippen LogP contribution in [0.1, 0.15) is 5.56 Å². The number of carbonyl (C=O) groups excluding carboxylic acids is 2. The predicted molar refractivity (Wildman–Crippen MR) is 78.9 cm³/mol. The van der Waals surface area contributed by atoms with Crippen molar-refractivity contribution in [1.82, 2.24) is 9.80 Å². The Morgan fingerprint density at radius 1 is 1.04 bits per heavy atom. The van der Waals surface area contributed by atoms with E-state index in [0.717, 1.165) is 5.56 Å². The van der Waals surface area contributed by atoms with E-state index in [0.29, 0.717) is 32.7 Å². The van der Waals surface area contributed by atoms with Gasteiger partial charge in [-0.2, -0.15) is 0 Å². The van der Waals surface area contributed by atoms with Gasteiger partial charge in [0.2, 0.25) is 0 Å². The van der Waals surface area contributed by atoms with E-state index >= 15 is 0 Å². The molecule has 0 aliphatic carbocycles. The number of carbonyl (C=O) groups is 2. The summed E-state index contributed by atoms with van der Waals surface area (Å²) in [4.78, 5) is 28.2. The van der Waals surface area contributed by atoms with Crippen molar-refractivity contribution in [3.05, 3.63) is 29.8 Å². The number of benzene rings is 1. The van der Waals surface area contributed by atoms with Crippen LogP contribution in [0.15, 0.2) is 24.3 Å². The number of hydrogen-bond donors (Lipinski definition) is 1. The lowest BCUT2D eigenvalue weighted by Gasteiger charge is -2.20. The van der Waals surface area contributed by atoms with Crippen molar-refractivity contribution < 1.29 is 24.2 Å². The van der Waals surface area contributed by atoms with E-state index in [4.69, 9.17) is 9.47 Å². The van der Waals surface area contributed by atoms with Crippen LogP contribution in [-0.2, 0) is 20.7 Å². The lowest BCUT2D eigenvalue weighted by molar-refractivity contribution is -0.128. The van der Waals surface area contributed by atoms with Crippen LogP contribution < -0.4 is 0 Å². The average Bonchev–Trinajstić information content (AvgIpc) is 3.43. The molecule has 3 aliphatic heterocycles. The van der Waals surface area contributed by atoms with Gasteiger partial charge in [0, 0.05) is 6.42 Å². The fourth-order valence-corrected chi connectivity index (χ4v) is 2.89. The van der Waals surface area contributed by atoms with E-state index in [-0.39, 0.29) is 29.9 Å². The maximum atomic E-state index is 12.7. The Bertz CT molecular complexity index is 624. The first kappa shape index (κ1) is 14.5. The van der Waals surface area contributed by atoms with E-state index in [1.54, 1.807) is 29.2 Å². The molecule has 3 aliphatic rings. The largest absolute Gasteiger partial charge is 0.508 e. The highest BCUT2D eigenvalue weighted by Crippen LogP contribution is 2.26. The minimum atomic E-state index is -0.519. The maximum absolute atomic E-state index is 12.7. The van der Waals surface area contributed by atoms with Gasteiger partial charge in [0.15, 0.2) is 0 Å². The zero-order valence-electron chi connectivity index (χ0n) is 12.6. The van der Waals surface area contributed by atoms with Crippen LogP contribution in [0.3, 0.4) is 0 Å². The lowest BCUT2D eigenvalue weighted by Crippen LogP contribution is -2.39. The normalized spacial score (nSPS) is 29.3. The number of ether oxygens (including phenoxy) is 2. The molecular weight excluding hydrogens is 300 g/mol. The van der Waals surface area contributed by atoms with Gasteiger partial charge in [-0.05, 0) is 17.7 Å². The third-order valence-electron chi connectivity index (χ3n) is 4.36. The summed E-state index contributed by atoms with van der Waals surface area (Å²) in [5, 5.41) is 9.37. The molecule has 1 aromatic rings. The average molecular weight is 318 g/mol. The quantitative estimate of drug-likeness (QED) is 0.605. The molecule has 7 nitrogen and oxygen atoms in total. The van der Waals surface area contributed by atoms with Crippen LogP contribution in [0, 0.1) is 0 Å². The number of epoxide rings is 2. The Balaban J connectivity index is 1.53.